The fourth-order valence-electron chi connectivity index (χ4n) is 3.08. The highest BCUT2D eigenvalue weighted by Gasteiger charge is 2.25. The van der Waals surface area contributed by atoms with Crippen molar-refractivity contribution in [1.29, 1.82) is 0 Å². The number of aromatic nitrogens is 2. The largest absolute Gasteiger partial charge is 0.490 e. The monoisotopic (exact) mass is 407 g/mol. The van der Waals surface area contributed by atoms with Crippen molar-refractivity contribution >= 4 is 17.3 Å². The van der Waals surface area contributed by atoms with Crippen LogP contribution in [0.4, 0.5) is 18.9 Å². The molecule has 4 rings (SSSR count). The lowest BCUT2D eigenvalue weighted by molar-refractivity contribution is 0.260. The number of nitrogens with zero attached hydrogens (tertiary/aromatic N) is 2. The molecule has 9 heteroatoms. The number of fused-ring (bicyclic) bond motifs is 1. The molecule has 1 atom stereocenters. The van der Waals surface area contributed by atoms with Gasteiger partial charge in [0.2, 0.25) is 0 Å². The fraction of sp³-hybridized carbons (Fsp3) is 0.158. The Morgan fingerprint density at radius 1 is 1.18 bits per heavy atom. The third kappa shape index (κ3) is 3.20. The van der Waals surface area contributed by atoms with Gasteiger partial charge in [0.25, 0.3) is 5.56 Å². The molecular formula is C19H13ClF3N3O2. The van der Waals surface area contributed by atoms with E-state index in [0.29, 0.717) is 18.1 Å². The summed E-state index contributed by atoms with van der Waals surface area (Å²) in [5.41, 5.74) is -0.189. The maximum absolute atomic E-state index is 14.0. The van der Waals surface area contributed by atoms with Crippen LogP contribution in [0.5, 0.6) is 5.75 Å². The molecule has 1 N–H and O–H groups in total. The Kier molecular flexibility index (Phi) is 4.72. The summed E-state index contributed by atoms with van der Waals surface area (Å²) in [5.74, 6) is -2.04. The zero-order valence-electron chi connectivity index (χ0n) is 14.3. The number of anilines is 1. The first-order valence-corrected chi connectivity index (χ1v) is 8.74. The van der Waals surface area contributed by atoms with Crippen LogP contribution >= 0.6 is 11.6 Å². The topological polar surface area (TPSA) is 56.1 Å². The molecule has 3 aromatic rings. The van der Waals surface area contributed by atoms with Gasteiger partial charge in [-0.1, -0.05) is 23.7 Å². The lowest BCUT2D eigenvalue weighted by Crippen LogP contribution is -2.26. The van der Waals surface area contributed by atoms with E-state index in [-0.39, 0.29) is 34.8 Å². The lowest BCUT2D eigenvalue weighted by atomic mass is 10.00. The molecule has 0 radical (unpaired) electrons. The van der Waals surface area contributed by atoms with Crippen LogP contribution in [-0.4, -0.2) is 16.4 Å². The number of hydrogen-bond donors (Lipinski definition) is 1. The first-order chi connectivity index (χ1) is 13.5. The van der Waals surface area contributed by atoms with Gasteiger partial charge in [0.1, 0.15) is 16.5 Å². The molecule has 0 fully saturated rings. The summed E-state index contributed by atoms with van der Waals surface area (Å²) < 4.78 is 47.1. The Morgan fingerprint density at radius 3 is 2.79 bits per heavy atom. The van der Waals surface area contributed by atoms with E-state index in [1.165, 1.54) is 12.3 Å². The van der Waals surface area contributed by atoms with Crippen LogP contribution < -0.4 is 15.6 Å². The van der Waals surface area contributed by atoms with E-state index in [1.54, 1.807) is 12.1 Å². The number of rotatable bonds is 3. The summed E-state index contributed by atoms with van der Waals surface area (Å²) in [6, 6.07) is 6.99. The maximum atomic E-state index is 14.0. The van der Waals surface area contributed by atoms with E-state index in [9.17, 15) is 18.0 Å². The zero-order chi connectivity index (χ0) is 19.8. The molecule has 0 saturated heterocycles. The summed E-state index contributed by atoms with van der Waals surface area (Å²) in [6.07, 6.45) is 1.78. The van der Waals surface area contributed by atoms with Gasteiger partial charge in [-0.05, 0) is 18.2 Å². The molecule has 1 aliphatic heterocycles. The predicted molar refractivity (Wildman–Crippen MR) is 97.6 cm³/mol. The van der Waals surface area contributed by atoms with Crippen molar-refractivity contribution in [2.24, 2.45) is 0 Å². The van der Waals surface area contributed by atoms with E-state index in [2.05, 4.69) is 10.4 Å². The molecule has 144 valence electrons. The average Bonchev–Trinajstić information content (AvgIpc) is 2.67. The molecule has 1 aromatic heterocycles. The average molecular weight is 408 g/mol. The predicted octanol–water partition coefficient (Wildman–Crippen LogP) is 4.24. The molecule has 28 heavy (non-hydrogen) atoms. The van der Waals surface area contributed by atoms with Crippen LogP contribution in [0, 0.1) is 17.5 Å². The van der Waals surface area contributed by atoms with Crippen molar-refractivity contribution in [3.8, 4) is 11.4 Å². The van der Waals surface area contributed by atoms with Crippen molar-refractivity contribution < 1.29 is 17.9 Å². The number of nitrogens with one attached hydrogen (secondary N) is 1. The summed E-state index contributed by atoms with van der Waals surface area (Å²) in [5, 5.41) is 6.78. The van der Waals surface area contributed by atoms with Crippen LogP contribution in [0.1, 0.15) is 18.0 Å². The van der Waals surface area contributed by atoms with Gasteiger partial charge in [0.05, 0.1) is 24.5 Å². The minimum atomic E-state index is -0.944. The molecule has 1 aliphatic rings. The third-order valence-corrected chi connectivity index (χ3v) is 4.78. The minimum Gasteiger partial charge on any atom is -0.490 e. The highest BCUT2D eigenvalue weighted by Crippen LogP contribution is 2.36. The molecule has 0 spiro atoms. The van der Waals surface area contributed by atoms with Gasteiger partial charge in [-0.25, -0.2) is 13.2 Å². The quantitative estimate of drug-likeness (QED) is 0.705. The van der Waals surface area contributed by atoms with Crippen LogP contribution in [0.15, 0.2) is 47.4 Å². The number of ether oxygens (including phenoxy) is 1. The van der Waals surface area contributed by atoms with Crippen molar-refractivity contribution in [1.82, 2.24) is 9.78 Å². The van der Waals surface area contributed by atoms with Gasteiger partial charge in [-0.15, -0.1) is 0 Å². The number of halogens is 4. The van der Waals surface area contributed by atoms with Gasteiger partial charge in [0, 0.05) is 18.1 Å². The Hall–Kier alpha value is -3.00. The molecule has 0 aliphatic carbocycles. The standard InChI is InChI=1S/C19H13ClF3N3O2/c20-17-15(25-14-6-7-28-18-11(14)2-1-3-12(18)22)9-24-26(19(17)27)16-5-4-10(21)8-13(16)23/h1-5,8-9,14,25H,6-7H2/t14-/m0/s1. The van der Waals surface area contributed by atoms with Crippen LogP contribution in [-0.2, 0) is 0 Å². The number of hydrogen-bond acceptors (Lipinski definition) is 4. The van der Waals surface area contributed by atoms with E-state index >= 15 is 0 Å². The van der Waals surface area contributed by atoms with Gasteiger partial charge in [-0.3, -0.25) is 4.79 Å². The Labute approximate surface area is 162 Å². The van der Waals surface area contributed by atoms with E-state index in [0.717, 1.165) is 16.8 Å². The molecule has 2 aromatic carbocycles. The molecule has 0 bridgehead atoms. The second kappa shape index (κ2) is 7.20. The summed E-state index contributed by atoms with van der Waals surface area (Å²) in [7, 11) is 0. The van der Waals surface area contributed by atoms with Gasteiger partial charge in [0.15, 0.2) is 17.4 Å². The van der Waals surface area contributed by atoms with Crippen molar-refractivity contribution in [2.75, 3.05) is 11.9 Å². The molecule has 0 amide bonds. The fourth-order valence-corrected chi connectivity index (χ4v) is 3.27. The SMILES string of the molecule is O=c1c(Cl)c(N[C@H]2CCOc3c(F)cccc32)cnn1-c1ccc(F)cc1F. The van der Waals surface area contributed by atoms with Crippen molar-refractivity contribution in [2.45, 2.75) is 12.5 Å². The van der Waals surface area contributed by atoms with E-state index in [1.807, 2.05) is 0 Å². The van der Waals surface area contributed by atoms with Gasteiger partial charge in [-0.2, -0.15) is 9.78 Å². The molecule has 5 nitrogen and oxygen atoms in total. The number of benzene rings is 2. The first-order valence-electron chi connectivity index (χ1n) is 8.36. The molecular weight excluding hydrogens is 395 g/mol. The van der Waals surface area contributed by atoms with Crippen LogP contribution in [0.3, 0.4) is 0 Å². The summed E-state index contributed by atoms with van der Waals surface area (Å²) >= 11 is 6.17. The highest BCUT2D eigenvalue weighted by atomic mass is 35.5. The molecule has 0 saturated carbocycles. The third-order valence-electron chi connectivity index (χ3n) is 4.41. The number of para-hydroxylation sites is 1. The summed E-state index contributed by atoms with van der Waals surface area (Å²) in [6.45, 7) is 0.286. The smallest absolute Gasteiger partial charge is 0.292 e. The van der Waals surface area contributed by atoms with Crippen LogP contribution in [0.25, 0.3) is 5.69 Å². The Bertz CT molecular complexity index is 1120. The summed E-state index contributed by atoms with van der Waals surface area (Å²) in [4.78, 5) is 12.6. The maximum Gasteiger partial charge on any atom is 0.292 e. The molecule has 0 unspecified atom stereocenters. The molecule has 2 heterocycles. The lowest BCUT2D eigenvalue weighted by Gasteiger charge is -2.27. The van der Waals surface area contributed by atoms with E-state index in [4.69, 9.17) is 16.3 Å². The van der Waals surface area contributed by atoms with Crippen molar-refractivity contribution in [3.05, 3.63) is 81.0 Å². The zero-order valence-corrected chi connectivity index (χ0v) is 15.0. The Balaban J connectivity index is 1.69. The second-order valence-corrected chi connectivity index (χ2v) is 6.56. The van der Waals surface area contributed by atoms with Gasteiger partial charge < -0.3 is 10.1 Å². The minimum absolute atomic E-state index is 0.150. The van der Waals surface area contributed by atoms with Crippen LogP contribution in [0.2, 0.25) is 5.02 Å². The second-order valence-electron chi connectivity index (χ2n) is 6.18. The first kappa shape index (κ1) is 18.4. The Morgan fingerprint density at radius 2 is 2.00 bits per heavy atom. The van der Waals surface area contributed by atoms with Gasteiger partial charge >= 0.3 is 0 Å². The van der Waals surface area contributed by atoms with E-state index < -0.39 is 23.0 Å². The highest BCUT2D eigenvalue weighted by molar-refractivity contribution is 6.33. The van der Waals surface area contributed by atoms with Crippen molar-refractivity contribution in [3.63, 3.8) is 0 Å². The normalized spacial score (nSPS) is 15.6.